The summed E-state index contributed by atoms with van der Waals surface area (Å²) in [4.78, 5) is 46.4. The topological polar surface area (TPSA) is 107 Å². The zero-order chi connectivity index (χ0) is 26.8. The first-order chi connectivity index (χ1) is 18.1. The van der Waals surface area contributed by atoms with E-state index in [9.17, 15) is 9.59 Å². The molecule has 9 nitrogen and oxygen atoms in total. The van der Waals surface area contributed by atoms with Gasteiger partial charge in [-0.25, -0.2) is 9.97 Å². The summed E-state index contributed by atoms with van der Waals surface area (Å²) in [6, 6.07) is 7.96. The summed E-state index contributed by atoms with van der Waals surface area (Å²) in [6.07, 6.45) is 5.41. The number of piperidine rings is 1. The highest BCUT2D eigenvalue weighted by Crippen LogP contribution is 2.58. The van der Waals surface area contributed by atoms with Crippen LogP contribution in [0.2, 0.25) is 0 Å². The third-order valence-corrected chi connectivity index (χ3v) is 8.28. The van der Waals surface area contributed by atoms with Gasteiger partial charge in [0.1, 0.15) is 22.7 Å². The molecule has 38 heavy (non-hydrogen) atoms. The number of Topliss-reactive ketones (excluding diaryl/α,β-unsaturated/α-hetero) is 1. The lowest BCUT2D eigenvalue weighted by Gasteiger charge is -2.27. The van der Waals surface area contributed by atoms with E-state index in [0.717, 1.165) is 28.6 Å². The van der Waals surface area contributed by atoms with Crippen LogP contribution in [0.25, 0.3) is 22.2 Å². The van der Waals surface area contributed by atoms with Gasteiger partial charge in [0.25, 0.3) is 0 Å². The average Bonchev–Trinajstić information content (AvgIpc) is 3.22. The third kappa shape index (κ3) is 4.32. The number of pyridine rings is 2. The van der Waals surface area contributed by atoms with E-state index in [1.807, 2.05) is 43.0 Å². The Bertz CT molecular complexity index is 1610. The van der Waals surface area contributed by atoms with Crippen LogP contribution in [0, 0.1) is 19.3 Å². The molecule has 1 aliphatic heterocycles. The Morgan fingerprint density at radius 2 is 1.92 bits per heavy atom. The fourth-order valence-corrected chi connectivity index (χ4v) is 6.31. The molecule has 1 saturated heterocycles. The highest BCUT2D eigenvalue weighted by molar-refractivity contribution is 9.10. The number of halogens is 1. The molecule has 6 rings (SSSR count). The molecule has 4 aromatic rings. The number of carbonyl (C=O) groups excluding carboxylic acids is 2. The van der Waals surface area contributed by atoms with E-state index in [0.29, 0.717) is 41.1 Å². The van der Waals surface area contributed by atoms with Crippen LogP contribution in [0.5, 0.6) is 0 Å². The molecule has 4 aromatic heterocycles. The Kier molecular flexibility index (Phi) is 5.94. The van der Waals surface area contributed by atoms with E-state index in [-0.39, 0.29) is 35.6 Å². The number of amides is 1. The van der Waals surface area contributed by atoms with Gasteiger partial charge in [-0.15, -0.1) is 0 Å². The second-order valence-electron chi connectivity index (χ2n) is 10.8. The first-order valence-electron chi connectivity index (χ1n) is 12.7. The molecule has 2 fully saturated rings. The molecule has 0 radical (unpaired) electrons. The summed E-state index contributed by atoms with van der Waals surface area (Å²) >= 11 is 3.45. The summed E-state index contributed by atoms with van der Waals surface area (Å²) in [7, 11) is 0.707. The molecule has 3 atom stereocenters. The van der Waals surface area contributed by atoms with Gasteiger partial charge in [0.05, 0.1) is 16.9 Å². The first kappa shape index (κ1) is 24.8. The van der Waals surface area contributed by atoms with Crippen molar-refractivity contribution < 1.29 is 9.59 Å². The van der Waals surface area contributed by atoms with Crippen molar-refractivity contribution in [2.75, 3.05) is 0 Å². The minimum absolute atomic E-state index is 0.00568. The normalized spacial score (nSPS) is 22.0. The van der Waals surface area contributed by atoms with Gasteiger partial charge in [-0.2, -0.15) is 5.10 Å². The van der Waals surface area contributed by atoms with Gasteiger partial charge in [-0.3, -0.25) is 24.2 Å². The minimum atomic E-state index is -0.160. The average molecular weight is 572 g/mol. The van der Waals surface area contributed by atoms with Crippen molar-refractivity contribution in [2.24, 2.45) is 5.41 Å². The highest BCUT2D eigenvalue weighted by Gasteiger charge is 2.62. The molecule has 11 heteroatoms. The van der Waals surface area contributed by atoms with Crippen molar-refractivity contribution in [3.63, 3.8) is 0 Å². The molecular weight excluding hydrogens is 545 g/mol. The first-order valence-corrected chi connectivity index (χ1v) is 13.5. The quantitative estimate of drug-likeness (QED) is 0.199. The molecule has 0 aromatic carbocycles. The van der Waals surface area contributed by atoms with Crippen molar-refractivity contribution in [3.8, 4) is 11.3 Å². The van der Waals surface area contributed by atoms with E-state index in [4.69, 9.17) is 4.98 Å². The SMILES string of the molecule is CC(=O)c1nn(CC(=O)N2[C@H](Bc3cccc(Br)n3)C[C@@]3(C)C[C@@H]23)c2c(C)nc(-c3cnc(C)nc3)cc12. The monoisotopic (exact) mass is 571 g/mol. The minimum Gasteiger partial charge on any atom is -0.342 e. The Balaban J connectivity index is 1.34. The van der Waals surface area contributed by atoms with Gasteiger partial charge in [0.15, 0.2) is 5.78 Å². The van der Waals surface area contributed by atoms with E-state index in [1.165, 1.54) is 6.92 Å². The maximum absolute atomic E-state index is 13.8. The van der Waals surface area contributed by atoms with Crippen LogP contribution in [-0.2, 0) is 11.3 Å². The van der Waals surface area contributed by atoms with Gasteiger partial charge in [-0.05, 0) is 60.2 Å². The van der Waals surface area contributed by atoms with Crippen LogP contribution < -0.4 is 5.59 Å². The van der Waals surface area contributed by atoms with Crippen LogP contribution in [0.1, 0.15) is 48.7 Å². The zero-order valence-corrected chi connectivity index (χ0v) is 23.4. The van der Waals surface area contributed by atoms with Gasteiger partial charge in [0.2, 0.25) is 13.2 Å². The van der Waals surface area contributed by atoms with Crippen LogP contribution >= 0.6 is 15.9 Å². The van der Waals surface area contributed by atoms with Gasteiger partial charge < -0.3 is 4.90 Å². The molecule has 1 aliphatic carbocycles. The smallest absolute Gasteiger partial charge is 0.244 e. The predicted molar refractivity (Wildman–Crippen MR) is 149 cm³/mol. The molecule has 2 aliphatic rings. The number of aryl methyl sites for hydroxylation is 2. The summed E-state index contributed by atoms with van der Waals surface area (Å²) < 4.78 is 2.44. The maximum Gasteiger partial charge on any atom is 0.244 e. The lowest BCUT2D eigenvalue weighted by Crippen LogP contribution is -2.47. The number of fused-ring (bicyclic) bond motifs is 2. The predicted octanol–water partition coefficient (Wildman–Crippen LogP) is 2.96. The van der Waals surface area contributed by atoms with Crippen molar-refractivity contribution >= 4 is 51.4 Å². The van der Waals surface area contributed by atoms with E-state index < -0.39 is 0 Å². The molecule has 0 unspecified atom stereocenters. The zero-order valence-electron chi connectivity index (χ0n) is 21.8. The molecule has 0 bridgehead atoms. The van der Waals surface area contributed by atoms with E-state index in [1.54, 1.807) is 17.1 Å². The van der Waals surface area contributed by atoms with Crippen LogP contribution in [0.15, 0.2) is 41.3 Å². The van der Waals surface area contributed by atoms with Crippen molar-refractivity contribution in [1.82, 2.24) is 34.6 Å². The summed E-state index contributed by atoms with van der Waals surface area (Å²) in [5, 5.41) is 5.30. The van der Waals surface area contributed by atoms with Gasteiger partial charge in [-0.1, -0.05) is 19.1 Å². The fraction of sp³-hybridized carbons (Fsp3) is 0.370. The van der Waals surface area contributed by atoms with Gasteiger partial charge >= 0.3 is 0 Å². The van der Waals surface area contributed by atoms with Crippen molar-refractivity contribution in [3.05, 3.63) is 58.5 Å². The Hall–Kier alpha value is -3.47. The standard InChI is InChI=1S/C27H27BBrN7O2/c1-14-26-18(8-19(32-14)17-11-30-16(3)31-12-17)25(15(2)37)34-35(26)13-24(38)36-20-9-27(20,4)10-22(36)28-21-6-5-7-23(29)33-21/h5-8,11-12,20,22,28H,9-10,13H2,1-4H3/t20-,22+,27-/m1/s1. The summed E-state index contributed by atoms with van der Waals surface area (Å²) in [6.45, 7) is 7.51. The Morgan fingerprint density at radius 3 is 2.63 bits per heavy atom. The Labute approximate surface area is 229 Å². The fourth-order valence-electron chi connectivity index (χ4n) is 5.93. The number of carbonyl (C=O) groups is 2. The highest BCUT2D eigenvalue weighted by atomic mass is 79.9. The lowest BCUT2D eigenvalue weighted by atomic mass is 9.63. The molecule has 1 saturated carbocycles. The van der Waals surface area contributed by atoms with E-state index >= 15 is 0 Å². The van der Waals surface area contributed by atoms with E-state index in [2.05, 4.69) is 42.9 Å². The number of nitrogens with zero attached hydrogens (tertiary/aromatic N) is 7. The summed E-state index contributed by atoms with van der Waals surface area (Å²) in [5.41, 5.74) is 4.27. The lowest BCUT2D eigenvalue weighted by molar-refractivity contribution is -0.132. The second-order valence-corrected chi connectivity index (χ2v) is 11.6. The largest absolute Gasteiger partial charge is 0.342 e. The number of hydrogen-bond donors (Lipinski definition) is 0. The molecule has 1 amide bonds. The molecular formula is C27H27BBrN7O2. The summed E-state index contributed by atoms with van der Waals surface area (Å²) in [5.74, 6) is 0.595. The number of likely N-dealkylation sites (tertiary alicyclic amines) is 1. The van der Waals surface area contributed by atoms with Crippen LogP contribution in [0.4, 0.5) is 0 Å². The Morgan fingerprint density at radius 1 is 1.16 bits per heavy atom. The number of ketones is 1. The second kappa shape index (κ2) is 9.08. The van der Waals surface area contributed by atoms with Crippen molar-refractivity contribution in [2.45, 2.75) is 59.1 Å². The molecule has 0 spiro atoms. The number of rotatable bonds is 6. The number of aromatic nitrogens is 6. The maximum atomic E-state index is 13.8. The molecule has 192 valence electrons. The molecule has 5 heterocycles. The van der Waals surface area contributed by atoms with Crippen LogP contribution in [0.3, 0.4) is 0 Å². The third-order valence-electron chi connectivity index (χ3n) is 7.84. The van der Waals surface area contributed by atoms with Gasteiger partial charge in [0, 0.05) is 47.8 Å². The van der Waals surface area contributed by atoms with Crippen molar-refractivity contribution in [1.29, 1.82) is 0 Å². The number of hydrogen-bond acceptors (Lipinski definition) is 7. The molecule has 0 N–H and O–H groups in total. The van der Waals surface area contributed by atoms with Crippen LogP contribution in [-0.4, -0.2) is 65.6 Å².